The first-order valence-corrected chi connectivity index (χ1v) is 9.76. The number of halogens is 1. The van der Waals surface area contributed by atoms with Crippen LogP contribution in [0.2, 0.25) is 5.02 Å². The van der Waals surface area contributed by atoms with Crippen molar-refractivity contribution in [3.63, 3.8) is 0 Å². The van der Waals surface area contributed by atoms with Gasteiger partial charge in [-0.3, -0.25) is 19.4 Å². The molecule has 0 bridgehead atoms. The van der Waals surface area contributed by atoms with E-state index in [1.54, 1.807) is 24.3 Å². The fourth-order valence-corrected chi connectivity index (χ4v) is 4.02. The highest BCUT2D eigenvalue weighted by Gasteiger charge is 2.42. The van der Waals surface area contributed by atoms with Crippen molar-refractivity contribution in [2.75, 3.05) is 31.1 Å². The summed E-state index contributed by atoms with van der Waals surface area (Å²) in [6, 6.07) is 14.1. The van der Waals surface area contributed by atoms with Crippen LogP contribution < -0.4 is 4.90 Å². The van der Waals surface area contributed by atoms with E-state index in [1.807, 2.05) is 24.3 Å². The number of piperazine rings is 1. The highest BCUT2D eigenvalue weighted by Crippen LogP contribution is 2.29. The van der Waals surface area contributed by atoms with Crippen LogP contribution in [0.5, 0.6) is 5.75 Å². The van der Waals surface area contributed by atoms with Crippen molar-refractivity contribution >= 4 is 29.1 Å². The number of phenolic OH excluding ortho intramolecular Hbond substituents is 1. The molecular weight excluding hydrogens is 378 g/mol. The van der Waals surface area contributed by atoms with Gasteiger partial charge in [0.05, 0.1) is 24.7 Å². The molecule has 7 heteroatoms. The quantitative estimate of drug-likeness (QED) is 0.800. The van der Waals surface area contributed by atoms with Gasteiger partial charge in [0.15, 0.2) is 0 Å². The van der Waals surface area contributed by atoms with Crippen molar-refractivity contribution < 1.29 is 14.7 Å². The van der Waals surface area contributed by atoms with Crippen molar-refractivity contribution in [2.45, 2.75) is 19.0 Å². The van der Waals surface area contributed by atoms with Gasteiger partial charge in [-0.2, -0.15) is 0 Å². The zero-order chi connectivity index (χ0) is 19.7. The number of likely N-dealkylation sites (tertiary alicyclic amines) is 1. The molecule has 2 aliphatic rings. The minimum absolute atomic E-state index is 0.129. The first-order chi connectivity index (χ1) is 13.5. The molecular formula is C21H22ClN3O3. The minimum atomic E-state index is -0.397. The molecule has 28 heavy (non-hydrogen) atoms. The van der Waals surface area contributed by atoms with Crippen molar-refractivity contribution in [2.24, 2.45) is 0 Å². The van der Waals surface area contributed by atoms with Crippen LogP contribution in [0.3, 0.4) is 0 Å². The molecule has 0 aromatic heterocycles. The Morgan fingerprint density at radius 2 is 1.64 bits per heavy atom. The second-order valence-electron chi connectivity index (χ2n) is 7.18. The third kappa shape index (κ3) is 3.70. The van der Waals surface area contributed by atoms with Gasteiger partial charge in [-0.05, 0) is 29.8 Å². The van der Waals surface area contributed by atoms with Gasteiger partial charge in [0.2, 0.25) is 11.8 Å². The van der Waals surface area contributed by atoms with Crippen LogP contribution in [0.1, 0.15) is 12.0 Å². The standard InChI is InChI=1S/C21H22ClN3O3/c22-16-7-5-15(6-8-16)14-25-20(27)13-18(21(25)28)24-11-9-23(10-12-24)17-3-1-2-4-19(17)26/h1-8,18,26H,9-14H2/t18-/m1/s1. The lowest BCUT2D eigenvalue weighted by atomic mass is 10.1. The second kappa shape index (κ2) is 7.81. The number of hydrogen-bond donors (Lipinski definition) is 1. The van der Waals surface area contributed by atoms with Crippen LogP contribution in [0.25, 0.3) is 0 Å². The Balaban J connectivity index is 1.39. The predicted octanol–water partition coefficient (Wildman–Crippen LogP) is 2.50. The third-order valence-electron chi connectivity index (χ3n) is 5.45. The molecule has 0 unspecified atom stereocenters. The number of para-hydroxylation sites is 2. The molecule has 2 saturated heterocycles. The number of nitrogens with zero attached hydrogens (tertiary/aromatic N) is 3. The van der Waals surface area contributed by atoms with Crippen LogP contribution in [0.4, 0.5) is 5.69 Å². The van der Waals surface area contributed by atoms with E-state index in [0.717, 1.165) is 11.3 Å². The number of phenols is 1. The maximum absolute atomic E-state index is 12.9. The molecule has 2 aromatic rings. The Bertz CT molecular complexity index is 879. The van der Waals surface area contributed by atoms with Crippen LogP contribution in [-0.4, -0.2) is 58.9 Å². The van der Waals surface area contributed by atoms with Gasteiger partial charge < -0.3 is 10.0 Å². The zero-order valence-corrected chi connectivity index (χ0v) is 16.2. The molecule has 2 aromatic carbocycles. The molecule has 0 radical (unpaired) electrons. The summed E-state index contributed by atoms with van der Waals surface area (Å²) in [4.78, 5) is 30.9. The summed E-state index contributed by atoms with van der Waals surface area (Å²) in [7, 11) is 0. The minimum Gasteiger partial charge on any atom is -0.506 e. The van der Waals surface area contributed by atoms with Gasteiger partial charge in [0.1, 0.15) is 5.75 Å². The lowest BCUT2D eigenvalue weighted by Crippen LogP contribution is -2.52. The van der Waals surface area contributed by atoms with Crippen molar-refractivity contribution in [1.29, 1.82) is 0 Å². The number of carbonyl (C=O) groups is 2. The number of anilines is 1. The lowest BCUT2D eigenvalue weighted by molar-refractivity contribution is -0.140. The molecule has 4 rings (SSSR count). The number of hydrogen-bond acceptors (Lipinski definition) is 5. The van der Waals surface area contributed by atoms with Gasteiger partial charge in [-0.25, -0.2) is 0 Å². The maximum Gasteiger partial charge on any atom is 0.247 e. The number of rotatable bonds is 4. The Morgan fingerprint density at radius 3 is 2.32 bits per heavy atom. The molecule has 0 aliphatic carbocycles. The second-order valence-corrected chi connectivity index (χ2v) is 7.61. The molecule has 2 aliphatic heterocycles. The number of carbonyl (C=O) groups excluding carboxylic acids is 2. The zero-order valence-electron chi connectivity index (χ0n) is 15.4. The summed E-state index contributed by atoms with van der Waals surface area (Å²) in [5.74, 6) is 0.00116. The molecule has 2 amide bonds. The number of aromatic hydroxyl groups is 1. The topological polar surface area (TPSA) is 64.1 Å². The Morgan fingerprint density at radius 1 is 0.964 bits per heavy atom. The Labute approximate surface area is 168 Å². The van der Waals surface area contributed by atoms with Crippen LogP contribution in [0.15, 0.2) is 48.5 Å². The van der Waals surface area contributed by atoms with E-state index < -0.39 is 6.04 Å². The van der Waals surface area contributed by atoms with E-state index in [4.69, 9.17) is 11.6 Å². The molecule has 0 saturated carbocycles. The summed E-state index contributed by atoms with van der Waals surface area (Å²) in [5.41, 5.74) is 1.69. The average Bonchev–Trinajstić information content (AvgIpc) is 2.98. The fraction of sp³-hybridized carbons (Fsp3) is 0.333. The maximum atomic E-state index is 12.9. The van der Waals surface area contributed by atoms with E-state index in [1.165, 1.54) is 4.90 Å². The largest absolute Gasteiger partial charge is 0.506 e. The van der Waals surface area contributed by atoms with Crippen molar-refractivity contribution in [3.8, 4) is 5.75 Å². The molecule has 0 spiro atoms. The van der Waals surface area contributed by atoms with E-state index in [-0.39, 0.29) is 30.5 Å². The van der Waals surface area contributed by atoms with Crippen LogP contribution in [0, 0.1) is 0 Å². The summed E-state index contributed by atoms with van der Waals surface area (Å²) >= 11 is 5.90. The summed E-state index contributed by atoms with van der Waals surface area (Å²) in [5, 5.41) is 10.7. The summed E-state index contributed by atoms with van der Waals surface area (Å²) in [6.07, 6.45) is 0.225. The van der Waals surface area contributed by atoms with Gasteiger partial charge in [0.25, 0.3) is 0 Å². The first-order valence-electron chi connectivity index (χ1n) is 9.38. The molecule has 6 nitrogen and oxygen atoms in total. The Kier molecular flexibility index (Phi) is 5.24. The van der Waals surface area contributed by atoms with Crippen LogP contribution >= 0.6 is 11.6 Å². The third-order valence-corrected chi connectivity index (χ3v) is 5.70. The SMILES string of the molecule is O=C1C[C@@H](N2CCN(c3ccccc3O)CC2)C(=O)N1Cc1ccc(Cl)cc1. The lowest BCUT2D eigenvalue weighted by Gasteiger charge is -2.38. The van der Waals surface area contributed by atoms with E-state index in [0.29, 0.717) is 31.2 Å². The van der Waals surface area contributed by atoms with E-state index >= 15 is 0 Å². The number of amides is 2. The highest BCUT2D eigenvalue weighted by molar-refractivity contribution is 6.30. The van der Waals surface area contributed by atoms with E-state index in [2.05, 4.69) is 9.80 Å². The molecule has 2 heterocycles. The van der Waals surface area contributed by atoms with Gasteiger partial charge >= 0.3 is 0 Å². The number of benzene rings is 2. The van der Waals surface area contributed by atoms with Gasteiger partial charge in [0, 0.05) is 31.2 Å². The highest BCUT2D eigenvalue weighted by atomic mass is 35.5. The summed E-state index contributed by atoms with van der Waals surface area (Å²) in [6.45, 7) is 3.03. The van der Waals surface area contributed by atoms with E-state index in [9.17, 15) is 14.7 Å². The average molecular weight is 400 g/mol. The normalized spacial score (nSPS) is 20.8. The molecule has 2 fully saturated rings. The van der Waals surface area contributed by atoms with Crippen molar-refractivity contribution in [1.82, 2.24) is 9.80 Å². The van der Waals surface area contributed by atoms with Gasteiger partial charge in [-0.1, -0.05) is 35.9 Å². The first kappa shape index (κ1) is 18.8. The molecule has 146 valence electrons. The monoisotopic (exact) mass is 399 g/mol. The Hall–Kier alpha value is -2.57. The number of imide groups is 1. The fourth-order valence-electron chi connectivity index (χ4n) is 3.90. The van der Waals surface area contributed by atoms with Crippen LogP contribution in [-0.2, 0) is 16.1 Å². The molecule has 1 atom stereocenters. The smallest absolute Gasteiger partial charge is 0.247 e. The summed E-state index contributed by atoms with van der Waals surface area (Å²) < 4.78 is 0. The molecule has 1 N–H and O–H groups in total. The predicted molar refractivity (Wildman–Crippen MR) is 107 cm³/mol. The van der Waals surface area contributed by atoms with Crippen molar-refractivity contribution in [3.05, 3.63) is 59.1 Å². The van der Waals surface area contributed by atoms with Gasteiger partial charge in [-0.15, -0.1) is 0 Å².